The molecular formula is C21H20N2O3. The van der Waals surface area contributed by atoms with E-state index in [2.05, 4.69) is 10.6 Å². The fourth-order valence-corrected chi connectivity index (χ4v) is 2.29. The highest BCUT2D eigenvalue weighted by molar-refractivity contribution is 5.99. The summed E-state index contributed by atoms with van der Waals surface area (Å²) in [5.74, 6) is 1.54. The van der Waals surface area contributed by atoms with Crippen molar-refractivity contribution in [3.8, 4) is 11.5 Å². The molecule has 5 nitrogen and oxygen atoms in total. The third-order valence-electron chi connectivity index (χ3n) is 3.51. The summed E-state index contributed by atoms with van der Waals surface area (Å²) >= 11 is 0. The van der Waals surface area contributed by atoms with Gasteiger partial charge in [-0.1, -0.05) is 36.4 Å². The monoisotopic (exact) mass is 348 g/mol. The summed E-state index contributed by atoms with van der Waals surface area (Å²) in [6.45, 7) is 0.902. The Morgan fingerprint density at radius 1 is 0.615 bits per heavy atom. The van der Waals surface area contributed by atoms with Crippen molar-refractivity contribution in [2.45, 2.75) is 0 Å². The lowest BCUT2D eigenvalue weighted by atomic mass is 10.3. The van der Waals surface area contributed by atoms with E-state index in [1.807, 2.05) is 60.7 Å². The van der Waals surface area contributed by atoms with Crippen molar-refractivity contribution in [1.29, 1.82) is 0 Å². The molecule has 0 atom stereocenters. The number of hydrogen-bond acceptors (Lipinski definition) is 3. The third kappa shape index (κ3) is 5.56. The maximum absolute atomic E-state index is 11.9. The molecule has 0 spiro atoms. The molecule has 0 aliphatic rings. The van der Waals surface area contributed by atoms with Gasteiger partial charge in [0.2, 0.25) is 0 Å². The van der Waals surface area contributed by atoms with E-state index in [0.29, 0.717) is 18.9 Å². The van der Waals surface area contributed by atoms with Crippen LogP contribution in [0, 0.1) is 0 Å². The van der Waals surface area contributed by atoms with E-state index in [0.717, 1.165) is 17.2 Å². The molecule has 3 rings (SSSR count). The van der Waals surface area contributed by atoms with Crippen LogP contribution in [-0.4, -0.2) is 19.2 Å². The summed E-state index contributed by atoms with van der Waals surface area (Å²) < 4.78 is 11.2. The van der Waals surface area contributed by atoms with Crippen molar-refractivity contribution >= 4 is 17.4 Å². The Kier molecular flexibility index (Phi) is 6.09. The minimum Gasteiger partial charge on any atom is -0.490 e. The summed E-state index contributed by atoms with van der Waals surface area (Å²) in [6.07, 6.45) is 0. The first kappa shape index (κ1) is 17.4. The molecule has 2 amide bonds. The largest absolute Gasteiger partial charge is 0.490 e. The Morgan fingerprint density at radius 3 is 1.65 bits per heavy atom. The topological polar surface area (TPSA) is 59.6 Å². The number of rotatable bonds is 7. The molecule has 0 saturated heterocycles. The zero-order valence-corrected chi connectivity index (χ0v) is 14.2. The quantitative estimate of drug-likeness (QED) is 0.604. The molecule has 3 aromatic carbocycles. The number of hydrogen-bond donors (Lipinski definition) is 2. The van der Waals surface area contributed by atoms with Crippen LogP contribution in [0.4, 0.5) is 16.2 Å². The summed E-state index contributed by atoms with van der Waals surface area (Å²) in [6, 6.07) is 25.8. The molecule has 5 heteroatoms. The maximum Gasteiger partial charge on any atom is 0.323 e. The number of carbonyl (C=O) groups is 1. The van der Waals surface area contributed by atoms with Gasteiger partial charge in [-0.3, -0.25) is 0 Å². The molecular weight excluding hydrogens is 328 g/mol. The van der Waals surface area contributed by atoms with Crippen LogP contribution in [0.2, 0.25) is 0 Å². The summed E-state index contributed by atoms with van der Waals surface area (Å²) in [4.78, 5) is 11.9. The predicted molar refractivity (Wildman–Crippen MR) is 103 cm³/mol. The van der Waals surface area contributed by atoms with Crippen LogP contribution in [0.15, 0.2) is 84.9 Å². The summed E-state index contributed by atoms with van der Waals surface area (Å²) in [5.41, 5.74) is 1.43. The first-order valence-corrected chi connectivity index (χ1v) is 8.33. The Bertz CT molecular complexity index is 806. The number of benzene rings is 3. The van der Waals surface area contributed by atoms with Crippen molar-refractivity contribution in [1.82, 2.24) is 0 Å². The molecule has 0 aliphatic heterocycles. The van der Waals surface area contributed by atoms with Gasteiger partial charge in [0.05, 0.1) is 0 Å². The van der Waals surface area contributed by atoms with E-state index in [1.165, 1.54) is 0 Å². The first-order chi connectivity index (χ1) is 12.8. The lowest BCUT2D eigenvalue weighted by Crippen LogP contribution is -2.19. The van der Waals surface area contributed by atoms with Crippen molar-refractivity contribution in [2.75, 3.05) is 23.8 Å². The molecule has 0 heterocycles. The average Bonchev–Trinajstić information content (AvgIpc) is 2.68. The molecule has 0 aliphatic carbocycles. The standard InChI is InChI=1S/C21H20N2O3/c24-21(22-17-7-3-1-4-8-17)23-18-11-13-20(14-12-18)26-16-15-25-19-9-5-2-6-10-19/h1-14H,15-16H2,(H2,22,23,24). The molecule has 26 heavy (non-hydrogen) atoms. The smallest absolute Gasteiger partial charge is 0.323 e. The number of amides is 2. The van der Waals surface area contributed by atoms with Gasteiger partial charge < -0.3 is 20.1 Å². The molecule has 2 N–H and O–H groups in total. The predicted octanol–water partition coefficient (Wildman–Crippen LogP) is 4.79. The molecule has 0 fully saturated rings. The van der Waals surface area contributed by atoms with Crippen LogP contribution in [0.3, 0.4) is 0 Å². The van der Waals surface area contributed by atoms with E-state index >= 15 is 0 Å². The van der Waals surface area contributed by atoms with E-state index in [-0.39, 0.29) is 6.03 Å². The molecule has 0 radical (unpaired) electrons. The number of para-hydroxylation sites is 2. The van der Waals surface area contributed by atoms with Gasteiger partial charge in [0, 0.05) is 11.4 Å². The van der Waals surface area contributed by atoms with Crippen molar-refractivity contribution < 1.29 is 14.3 Å². The second-order valence-electron chi connectivity index (χ2n) is 5.48. The Balaban J connectivity index is 1.41. The highest BCUT2D eigenvalue weighted by Crippen LogP contribution is 2.16. The molecule has 0 bridgehead atoms. The number of urea groups is 1. The Labute approximate surface area is 152 Å². The van der Waals surface area contributed by atoms with Crippen LogP contribution >= 0.6 is 0 Å². The van der Waals surface area contributed by atoms with E-state index in [1.54, 1.807) is 24.3 Å². The van der Waals surface area contributed by atoms with Crippen LogP contribution in [0.25, 0.3) is 0 Å². The zero-order chi connectivity index (χ0) is 18.0. The molecule has 3 aromatic rings. The van der Waals surface area contributed by atoms with Crippen molar-refractivity contribution in [3.05, 3.63) is 84.9 Å². The lowest BCUT2D eigenvalue weighted by molar-refractivity contribution is 0.217. The minimum atomic E-state index is -0.291. The van der Waals surface area contributed by atoms with Crippen LogP contribution < -0.4 is 20.1 Å². The molecule has 0 aromatic heterocycles. The van der Waals surface area contributed by atoms with Gasteiger partial charge in [-0.05, 0) is 48.5 Å². The summed E-state index contributed by atoms with van der Waals surface area (Å²) in [5, 5.41) is 5.54. The average molecular weight is 348 g/mol. The third-order valence-corrected chi connectivity index (χ3v) is 3.51. The van der Waals surface area contributed by atoms with Gasteiger partial charge in [-0.25, -0.2) is 4.79 Å². The maximum atomic E-state index is 11.9. The lowest BCUT2D eigenvalue weighted by Gasteiger charge is -2.10. The SMILES string of the molecule is O=C(Nc1ccccc1)Nc1ccc(OCCOc2ccccc2)cc1. The fourth-order valence-electron chi connectivity index (χ4n) is 2.29. The van der Waals surface area contributed by atoms with Gasteiger partial charge in [0.1, 0.15) is 24.7 Å². The highest BCUT2D eigenvalue weighted by atomic mass is 16.5. The van der Waals surface area contributed by atoms with E-state index in [9.17, 15) is 4.79 Å². The normalized spacial score (nSPS) is 10.0. The van der Waals surface area contributed by atoms with Gasteiger partial charge in [0.15, 0.2) is 0 Å². The molecule has 0 unspecified atom stereocenters. The van der Waals surface area contributed by atoms with Crippen LogP contribution in [0.1, 0.15) is 0 Å². The number of anilines is 2. The van der Waals surface area contributed by atoms with Crippen molar-refractivity contribution in [2.24, 2.45) is 0 Å². The van der Waals surface area contributed by atoms with Gasteiger partial charge >= 0.3 is 6.03 Å². The van der Waals surface area contributed by atoms with Gasteiger partial charge in [0.25, 0.3) is 0 Å². The Morgan fingerprint density at radius 2 is 1.08 bits per heavy atom. The molecule has 132 valence electrons. The Hall–Kier alpha value is -3.47. The number of ether oxygens (including phenoxy) is 2. The second-order valence-corrected chi connectivity index (χ2v) is 5.48. The zero-order valence-electron chi connectivity index (χ0n) is 14.2. The van der Waals surface area contributed by atoms with E-state index < -0.39 is 0 Å². The van der Waals surface area contributed by atoms with E-state index in [4.69, 9.17) is 9.47 Å². The van der Waals surface area contributed by atoms with Crippen LogP contribution in [0.5, 0.6) is 11.5 Å². The second kappa shape index (κ2) is 9.13. The van der Waals surface area contributed by atoms with Crippen LogP contribution in [-0.2, 0) is 0 Å². The number of carbonyl (C=O) groups excluding carboxylic acids is 1. The first-order valence-electron chi connectivity index (χ1n) is 8.33. The number of nitrogens with one attached hydrogen (secondary N) is 2. The van der Waals surface area contributed by atoms with Gasteiger partial charge in [-0.2, -0.15) is 0 Å². The summed E-state index contributed by atoms with van der Waals surface area (Å²) in [7, 11) is 0. The van der Waals surface area contributed by atoms with Crippen molar-refractivity contribution in [3.63, 3.8) is 0 Å². The highest BCUT2D eigenvalue weighted by Gasteiger charge is 2.03. The molecule has 0 saturated carbocycles. The fraction of sp³-hybridized carbons (Fsp3) is 0.0952. The van der Waals surface area contributed by atoms with Gasteiger partial charge in [-0.15, -0.1) is 0 Å². The minimum absolute atomic E-state index is 0.291.